The quantitative estimate of drug-likeness (QED) is 0.343. The second-order valence-electron chi connectivity index (χ2n) is 9.67. The molecule has 1 fully saturated rings. The number of carboxylic acid groups (broad SMARTS) is 1. The van der Waals surface area contributed by atoms with Crippen LogP contribution in [-0.2, 0) is 32.1 Å². The van der Waals surface area contributed by atoms with Crippen LogP contribution in [0.2, 0.25) is 0 Å². The van der Waals surface area contributed by atoms with Gasteiger partial charge < -0.3 is 25.8 Å². The Morgan fingerprint density at radius 2 is 1.50 bits per heavy atom. The standard InChI is InChI=1S/C28H35N3O6S/c1-19(2)23(25(33)34)30-26(35)28(13-15-38-16-14-28)31-24(32)22(17-20-9-5-3-6-10-20)29-27(36)37-18-21-11-7-4-8-12-21/h3-12,19,22-23H,13-18H2,1-2H3,(H,29,36)(H,30,35)(H,31,32)(H,33,34)/t22-,23-/m0/s1. The van der Waals surface area contributed by atoms with Crippen LogP contribution in [0.1, 0.15) is 37.8 Å². The zero-order chi connectivity index (χ0) is 27.5. The SMILES string of the molecule is CC(C)[C@H](NC(=O)C1(NC(=O)[C@H](Cc2ccccc2)NC(=O)OCc2ccccc2)CCSCC1)C(=O)O. The van der Waals surface area contributed by atoms with Gasteiger partial charge in [-0.1, -0.05) is 74.5 Å². The van der Waals surface area contributed by atoms with E-state index < -0.39 is 41.5 Å². The number of rotatable bonds is 11. The van der Waals surface area contributed by atoms with Gasteiger partial charge in [-0.2, -0.15) is 11.8 Å². The number of aliphatic carboxylic acids is 1. The molecule has 4 N–H and O–H groups in total. The lowest BCUT2D eigenvalue weighted by Gasteiger charge is -2.38. The van der Waals surface area contributed by atoms with E-state index >= 15 is 0 Å². The summed E-state index contributed by atoms with van der Waals surface area (Å²) in [6, 6.07) is 16.3. The summed E-state index contributed by atoms with van der Waals surface area (Å²) in [7, 11) is 0. The van der Waals surface area contributed by atoms with E-state index in [-0.39, 0.29) is 18.9 Å². The van der Waals surface area contributed by atoms with Gasteiger partial charge in [-0.3, -0.25) is 9.59 Å². The fourth-order valence-corrected chi connectivity index (χ4v) is 5.40. The van der Waals surface area contributed by atoms with Crippen molar-refractivity contribution in [1.29, 1.82) is 0 Å². The van der Waals surface area contributed by atoms with E-state index in [9.17, 15) is 24.3 Å². The number of carbonyl (C=O) groups is 4. The Morgan fingerprint density at radius 1 is 0.921 bits per heavy atom. The molecule has 0 aliphatic carbocycles. The van der Waals surface area contributed by atoms with E-state index in [1.165, 1.54) is 0 Å². The number of hydrogen-bond donors (Lipinski definition) is 4. The van der Waals surface area contributed by atoms with Crippen LogP contribution in [-0.4, -0.2) is 58.1 Å². The van der Waals surface area contributed by atoms with Crippen molar-refractivity contribution in [3.63, 3.8) is 0 Å². The first kappa shape index (κ1) is 29.0. The molecule has 0 bridgehead atoms. The molecule has 3 rings (SSSR count). The summed E-state index contributed by atoms with van der Waals surface area (Å²) >= 11 is 1.66. The van der Waals surface area contributed by atoms with Gasteiger partial charge in [-0.15, -0.1) is 0 Å². The first-order valence-electron chi connectivity index (χ1n) is 12.6. The summed E-state index contributed by atoms with van der Waals surface area (Å²) in [5.41, 5.74) is 0.342. The Balaban J connectivity index is 1.77. The van der Waals surface area contributed by atoms with Crippen LogP contribution in [0, 0.1) is 5.92 Å². The average Bonchev–Trinajstić information content (AvgIpc) is 2.91. The molecular weight excluding hydrogens is 506 g/mol. The molecule has 1 saturated heterocycles. The molecule has 0 spiro atoms. The van der Waals surface area contributed by atoms with Gasteiger partial charge in [0.05, 0.1) is 0 Å². The van der Waals surface area contributed by atoms with Crippen molar-refractivity contribution in [1.82, 2.24) is 16.0 Å². The van der Waals surface area contributed by atoms with E-state index in [4.69, 9.17) is 4.74 Å². The monoisotopic (exact) mass is 541 g/mol. The lowest BCUT2D eigenvalue weighted by Crippen LogP contribution is -2.65. The lowest BCUT2D eigenvalue weighted by molar-refractivity contribution is -0.145. The summed E-state index contributed by atoms with van der Waals surface area (Å²) < 4.78 is 5.34. The molecule has 2 atom stereocenters. The summed E-state index contributed by atoms with van der Waals surface area (Å²) in [6.07, 6.45) is 0.115. The van der Waals surface area contributed by atoms with E-state index in [1.54, 1.807) is 25.6 Å². The van der Waals surface area contributed by atoms with Gasteiger partial charge in [0.2, 0.25) is 11.8 Å². The molecular formula is C28H35N3O6S. The zero-order valence-electron chi connectivity index (χ0n) is 21.6. The van der Waals surface area contributed by atoms with E-state index in [0.717, 1.165) is 11.1 Å². The summed E-state index contributed by atoms with van der Waals surface area (Å²) in [5.74, 6) is -1.29. The maximum Gasteiger partial charge on any atom is 0.408 e. The normalized spacial score (nSPS) is 16.1. The highest BCUT2D eigenvalue weighted by Gasteiger charge is 2.44. The molecule has 10 heteroatoms. The molecule has 0 unspecified atom stereocenters. The lowest BCUT2D eigenvalue weighted by atomic mass is 9.89. The minimum absolute atomic E-state index is 0.0433. The maximum absolute atomic E-state index is 13.6. The molecule has 1 aliphatic heterocycles. The van der Waals surface area contributed by atoms with Crippen LogP contribution in [0.25, 0.3) is 0 Å². The van der Waals surface area contributed by atoms with Crippen molar-refractivity contribution in [2.75, 3.05) is 11.5 Å². The predicted molar refractivity (Wildman–Crippen MR) is 146 cm³/mol. The van der Waals surface area contributed by atoms with Gasteiger partial charge in [-0.05, 0) is 41.4 Å². The third-order valence-electron chi connectivity index (χ3n) is 6.47. The Kier molecular flexibility index (Phi) is 10.6. The fraction of sp³-hybridized carbons (Fsp3) is 0.429. The van der Waals surface area contributed by atoms with Gasteiger partial charge in [0, 0.05) is 6.42 Å². The van der Waals surface area contributed by atoms with Crippen LogP contribution < -0.4 is 16.0 Å². The van der Waals surface area contributed by atoms with E-state index in [0.29, 0.717) is 24.3 Å². The largest absolute Gasteiger partial charge is 0.480 e. The predicted octanol–water partition coefficient (Wildman–Crippen LogP) is 3.13. The second-order valence-corrected chi connectivity index (χ2v) is 10.9. The number of nitrogens with one attached hydrogen (secondary N) is 3. The third-order valence-corrected chi connectivity index (χ3v) is 7.45. The Labute approximate surface area is 227 Å². The van der Waals surface area contributed by atoms with E-state index in [1.807, 2.05) is 60.7 Å². The number of hydrogen-bond acceptors (Lipinski definition) is 6. The maximum atomic E-state index is 13.6. The number of thioether (sulfide) groups is 1. The van der Waals surface area contributed by atoms with E-state index in [2.05, 4.69) is 16.0 Å². The Hall–Kier alpha value is -3.53. The first-order chi connectivity index (χ1) is 18.2. The van der Waals surface area contributed by atoms with Crippen LogP contribution in [0.4, 0.5) is 4.79 Å². The number of carboxylic acids is 1. The molecule has 2 aromatic carbocycles. The van der Waals surface area contributed by atoms with Gasteiger partial charge in [0.15, 0.2) is 0 Å². The molecule has 0 saturated carbocycles. The topological polar surface area (TPSA) is 134 Å². The Bertz CT molecular complexity index is 1090. The van der Waals surface area contributed by atoms with Crippen molar-refractivity contribution in [3.05, 3.63) is 71.8 Å². The molecule has 1 heterocycles. The highest BCUT2D eigenvalue weighted by molar-refractivity contribution is 7.99. The zero-order valence-corrected chi connectivity index (χ0v) is 22.5. The van der Waals surface area contributed by atoms with Crippen LogP contribution in [0.3, 0.4) is 0 Å². The molecule has 2 aromatic rings. The number of ether oxygens (including phenoxy) is 1. The van der Waals surface area contributed by atoms with Gasteiger partial charge >= 0.3 is 12.1 Å². The molecule has 3 amide bonds. The van der Waals surface area contributed by atoms with Crippen molar-refractivity contribution in [3.8, 4) is 0 Å². The fourth-order valence-electron chi connectivity index (χ4n) is 4.21. The number of amides is 3. The molecule has 204 valence electrons. The van der Waals surface area contributed by atoms with Crippen molar-refractivity contribution in [2.45, 2.75) is 57.3 Å². The highest BCUT2D eigenvalue weighted by Crippen LogP contribution is 2.28. The van der Waals surface area contributed by atoms with Crippen LogP contribution in [0.5, 0.6) is 0 Å². The van der Waals surface area contributed by atoms with Crippen LogP contribution >= 0.6 is 11.8 Å². The van der Waals surface area contributed by atoms with Crippen molar-refractivity contribution >= 4 is 35.6 Å². The van der Waals surface area contributed by atoms with Gasteiger partial charge in [0.25, 0.3) is 0 Å². The smallest absolute Gasteiger partial charge is 0.408 e. The average molecular weight is 542 g/mol. The van der Waals surface area contributed by atoms with Gasteiger partial charge in [0.1, 0.15) is 24.2 Å². The van der Waals surface area contributed by atoms with Crippen molar-refractivity contribution in [2.24, 2.45) is 5.92 Å². The second kappa shape index (κ2) is 13.9. The molecule has 0 aromatic heterocycles. The summed E-state index contributed by atoms with van der Waals surface area (Å²) in [5, 5.41) is 17.7. The molecule has 1 aliphatic rings. The Morgan fingerprint density at radius 3 is 2.05 bits per heavy atom. The molecule has 0 radical (unpaired) electrons. The summed E-state index contributed by atoms with van der Waals surface area (Å²) in [6.45, 7) is 3.46. The van der Waals surface area contributed by atoms with Gasteiger partial charge in [-0.25, -0.2) is 9.59 Å². The minimum Gasteiger partial charge on any atom is -0.480 e. The summed E-state index contributed by atoms with van der Waals surface area (Å²) in [4.78, 5) is 51.4. The minimum atomic E-state index is -1.28. The number of benzene rings is 2. The number of alkyl carbamates (subject to hydrolysis) is 1. The first-order valence-corrected chi connectivity index (χ1v) is 13.8. The molecule has 38 heavy (non-hydrogen) atoms. The number of carbonyl (C=O) groups excluding carboxylic acids is 3. The van der Waals surface area contributed by atoms with Crippen LogP contribution in [0.15, 0.2) is 60.7 Å². The third kappa shape index (κ3) is 8.24. The molecule has 9 nitrogen and oxygen atoms in total. The van der Waals surface area contributed by atoms with Crippen molar-refractivity contribution < 1.29 is 29.0 Å². The highest BCUT2D eigenvalue weighted by atomic mass is 32.2.